The largest absolute Gasteiger partial charge is 0.372 e. The second kappa shape index (κ2) is 7.24. The summed E-state index contributed by atoms with van der Waals surface area (Å²) in [4.78, 5) is 0. The summed E-state index contributed by atoms with van der Waals surface area (Å²) in [5.74, 6) is 2.19. The summed E-state index contributed by atoms with van der Waals surface area (Å²) in [7, 11) is 0. The Balaban J connectivity index is 2.09. The minimum atomic E-state index is 0.0341. The van der Waals surface area contributed by atoms with Crippen LogP contribution in [0.4, 0.5) is 0 Å². The monoisotopic (exact) mass is 275 g/mol. The van der Waals surface area contributed by atoms with Crippen LogP contribution in [0.3, 0.4) is 0 Å². The predicted molar refractivity (Wildman–Crippen MR) is 84.5 cm³/mol. The summed E-state index contributed by atoms with van der Waals surface area (Å²) < 4.78 is 5.98. The molecule has 0 aromatic heterocycles. The molecular weight excluding hydrogens is 246 g/mol. The summed E-state index contributed by atoms with van der Waals surface area (Å²) in [5.41, 5.74) is 7.81. The van der Waals surface area contributed by atoms with Gasteiger partial charge in [-0.3, -0.25) is 0 Å². The van der Waals surface area contributed by atoms with E-state index in [-0.39, 0.29) is 12.1 Å². The molecule has 20 heavy (non-hydrogen) atoms. The van der Waals surface area contributed by atoms with E-state index < -0.39 is 0 Å². The topological polar surface area (TPSA) is 35.2 Å². The molecule has 1 fully saturated rings. The number of benzene rings is 1. The summed E-state index contributed by atoms with van der Waals surface area (Å²) >= 11 is 0. The number of ether oxygens (including phenoxy) is 1. The molecule has 2 nitrogen and oxygen atoms in total. The first-order valence-electron chi connectivity index (χ1n) is 8.05. The van der Waals surface area contributed by atoms with Crippen molar-refractivity contribution in [2.24, 2.45) is 23.5 Å². The highest BCUT2D eigenvalue weighted by Crippen LogP contribution is 2.38. The van der Waals surface area contributed by atoms with Crippen molar-refractivity contribution in [2.75, 3.05) is 6.61 Å². The van der Waals surface area contributed by atoms with Gasteiger partial charge in [-0.1, -0.05) is 50.6 Å². The molecular formula is C18H29NO. The summed E-state index contributed by atoms with van der Waals surface area (Å²) in [6, 6.07) is 10.6. The van der Waals surface area contributed by atoms with Gasteiger partial charge in [0, 0.05) is 12.6 Å². The van der Waals surface area contributed by atoms with E-state index in [9.17, 15) is 0 Å². The molecule has 1 aliphatic carbocycles. The van der Waals surface area contributed by atoms with Crippen LogP contribution in [0.15, 0.2) is 30.3 Å². The van der Waals surface area contributed by atoms with Gasteiger partial charge in [0.05, 0.1) is 6.10 Å². The third-order valence-corrected chi connectivity index (χ3v) is 5.01. The Morgan fingerprint density at radius 2 is 1.85 bits per heavy atom. The van der Waals surface area contributed by atoms with Crippen molar-refractivity contribution < 1.29 is 4.74 Å². The fraction of sp³-hybridized carbons (Fsp3) is 0.667. The van der Waals surface area contributed by atoms with E-state index in [1.165, 1.54) is 24.8 Å². The van der Waals surface area contributed by atoms with Crippen LogP contribution in [-0.2, 0) is 4.74 Å². The highest BCUT2D eigenvalue weighted by Gasteiger charge is 2.33. The molecule has 1 aromatic rings. The fourth-order valence-corrected chi connectivity index (χ4v) is 3.44. The van der Waals surface area contributed by atoms with E-state index in [0.717, 1.165) is 11.8 Å². The molecule has 2 heteroatoms. The lowest BCUT2D eigenvalue weighted by Crippen LogP contribution is -2.40. The van der Waals surface area contributed by atoms with Crippen LogP contribution in [0.25, 0.3) is 0 Å². The second-order valence-electron chi connectivity index (χ2n) is 6.39. The predicted octanol–water partition coefficient (Wildman–Crippen LogP) is 4.16. The summed E-state index contributed by atoms with van der Waals surface area (Å²) in [6.45, 7) is 7.49. The van der Waals surface area contributed by atoms with Gasteiger partial charge >= 0.3 is 0 Å². The third kappa shape index (κ3) is 3.62. The zero-order chi connectivity index (χ0) is 14.5. The van der Waals surface area contributed by atoms with Gasteiger partial charge in [-0.2, -0.15) is 0 Å². The average Bonchev–Trinajstić information content (AvgIpc) is 2.48. The minimum Gasteiger partial charge on any atom is -0.372 e. The van der Waals surface area contributed by atoms with Gasteiger partial charge in [-0.05, 0) is 43.1 Å². The second-order valence-corrected chi connectivity index (χ2v) is 6.39. The minimum absolute atomic E-state index is 0.0341. The lowest BCUT2D eigenvalue weighted by atomic mass is 9.72. The zero-order valence-electron chi connectivity index (χ0n) is 13.1. The fourth-order valence-electron chi connectivity index (χ4n) is 3.44. The van der Waals surface area contributed by atoms with E-state index in [2.05, 4.69) is 38.1 Å². The van der Waals surface area contributed by atoms with Crippen LogP contribution in [-0.4, -0.2) is 12.6 Å². The van der Waals surface area contributed by atoms with Crippen molar-refractivity contribution in [1.29, 1.82) is 0 Å². The highest BCUT2D eigenvalue weighted by atomic mass is 16.5. The van der Waals surface area contributed by atoms with Crippen molar-refractivity contribution in [2.45, 2.75) is 52.2 Å². The highest BCUT2D eigenvalue weighted by molar-refractivity contribution is 5.19. The van der Waals surface area contributed by atoms with E-state index in [0.29, 0.717) is 12.5 Å². The standard InChI is InChI=1S/C18H29NO/c1-4-20-18(15-8-6-5-7-9-15)17(19)16-11-10-13(2)14(3)12-16/h5-9,13-14,16-18H,4,10-12,19H2,1-3H3. The Kier molecular flexibility index (Phi) is 5.62. The van der Waals surface area contributed by atoms with E-state index in [1.54, 1.807) is 0 Å². The molecule has 2 N–H and O–H groups in total. The molecule has 1 aliphatic rings. The molecule has 1 saturated carbocycles. The van der Waals surface area contributed by atoms with E-state index in [4.69, 9.17) is 10.5 Å². The molecule has 0 bridgehead atoms. The molecule has 0 aliphatic heterocycles. The Hall–Kier alpha value is -0.860. The molecule has 0 amide bonds. The SMILES string of the molecule is CCOC(c1ccccc1)C(N)C1CCC(C)C(C)C1. The third-order valence-electron chi connectivity index (χ3n) is 5.01. The van der Waals surface area contributed by atoms with Gasteiger partial charge in [0.25, 0.3) is 0 Å². The van der Waals surface area contributed by atoms with Crippen LogP contribution in [0.5, 0.6) is 0 Å². The molecule has 5 unspecified atom stereocenters. The van der Waals surface area contributed by atoms with Crippen LogP contribution in [0, 0.1) is 17.8 Å². The molecule has 0 saturated heterocycles. The molecule has 0 spiro atoms. The lowest BCUT2D eigenvalue weighted by molar-refractivity contribution is 0.0151. The Labute approximate surface area is 123 Å². The number of nitrogens with two attached hydrogens (primary N) is 1. The van der Waals surface area contributed by atoms with Crippen molar-refractivity contribution in [3.8, 4) is 0 Å². The van der Waals surface area contributed by atoms with Gasteiger partial charge < -0.3 is 10.5 Å². The number of hydrogen-bond donors (Lipinski definition) is 1. The first-order valence-corrected chi connectivity index (χ1v) is 8.05. The van der Waals surface area contributed by atoms with Gasteiger partial charge in [0.1, 0.15) is 0 Å². The molecule has 0 heterocycles. The van der Waals surface area contributed by atoms with Crippen molar-refractivity contribution >= 4 is 0 Å². The van der Waals surface area contributed by atoms with E-state index >= 15 is 0 Å². The first kappa shape index (κ1) is 15.5. The molecule has 2 rings (SSSR count). The zero-order valence-corrected chi connectivity index (χ0v) is 13.1. The normalized spacial score (nSPS) is 29.9. The Morgan fingerprint density at radius 1 is 1.15 bits per heavy atom. The maximum absolute atomic E-state index is 6.59. The maximum Gasteiger partial charge on any atom is 0.0978 e. The van der Waals surface area contributed by atoms with Crippen LogP contribution < -0.4 is 5.73 Å². The van der Waals surface area contributed by atoms with Crippen LogP contribution in [0.1, 0.15) is 51.7 Å². The molecule has 5 atom stereocenters. The molecule has 1 aromatic carbocycles. The van der Waals surface area contributed by atoms with Crippen molar-refractivity contribution in [1.82, 2.24) is 0 Å². The van der Waals surface area contributed by atoms with Crippen molar-refractivity contribution in [3.05, 3.63) is 35.9 Å². The summed E-state index contributed by atoms with van der Waals surface area (Å²) in [6.07, 6.45) is 3.81. The van der Waals surface area contributed by atoms with Gasteiger partial charge in [-0.15, -0.1) is 0 Å². The number of rotatable bonds is 5. The quantitative estimate of drug-likeness (QED) is 0.875. The average molecular weight is 275 g/mol. The van der Waals surface area contributed by atoms with Crippen LogP contribution >= 0.6 is 0 Å². The Morgan fingerprint density at radius 3 is 2.45 bits per heavy atom. The van der Waals surface area contributed by atoms with Gasteiger partial charge in [0.15, 0.2) is 0 Å². The smallest absolute Gasteiger partial charge is 0.0978 e. The molecule has 0 radical (unpaired) electrons. The van der Waals surface area contributed by atoms with Crippen molar-refractivity contribution in [3.63, 3.8) is 0 Å². The summed E-state index contributed by atoms with van der Waals surface area (Å²) in [5, 5.41) is 0. The first-order chi connectivity index (χ1) is 9.63. The van der Waals surface area contributed by atoms with E-state index in [1.807, 2.05) is 13.0 Å². The van der Waals surface area contributed by atoms with Crippen LogP contribution in [0.2, 0.25) is 0 Å². The van der Waals surface area contributed by atoms with Gasteiger partial charge in [-0.25, -0.2) is 0 Å². The molecule has 112 valence electrons. The lowest BCUT2D eigenvalue weighted by Gasteiger charge is -2.38. The van der Waals surface area contributed by atoms with Gasteiger partial charge in [0.2, 0.25) is 0 Å². The maximum atomic E-state index is 6.59. The Bertz CT molecular complexity index is 392. The number of hydrogen-bond acceptors (Lipinski definition) is 2.